The highest BCUT2D eigenvalue weighted by Crippen LogP contribution is 2.17. The number of likely N-dealkylation sites (N-methyl/N-ethyl adjacent to an activating group) is 1. The summed E-state index contributed by atoms with van der Waals surface area (Å²) in [6.07, 6.45) is 3.44. The Morgan fingerprint density at radius 1 is 1.62 bits per heavy atom. The van der Waals surface area contributed by atoms with Crippen LogP contribution in [0.3, 0.4) is 0 Å². The van der Waals surface area contributed by atoms with Crippen LogP contribution in [0.1, 0.15) is 23.4 Å². The zero-order valence-electron chi connectivity index (χ0n) is 12.0. The molecule has 1 N–H and O–H groups in total. The summed E-state index contributed by atoms with van der Waals surface area (Å²) in [4.78, 5) is 15.1. The van der Waals surface area contributed by atoms with Gasteiger partial charge in [0.1, 0.15) is 12.6 Å². The summed E-state index contributed by atoms with van der Waals surface area (Å²) in [7, 11) is 1.78. The molecule has 1 amide bonds. The lowest BCUT2D eigenvalue weighted by Gasteiger charge is -2.21. The molecule has 0 aliphatic carbocycles. The molecule has 0 aliphatic heterocycles. The fraction of sp³-hybridized carbons (Fsp3) is 0.333. The minimum atomic E-state index is -0.321. The molecule has 110 valence electrons. The lowest BCUT2D eigenvalue weighted by atomic mass is 10.2. The van der Waals surface area contributed by atoms with Crippen molar-refractivity contribution < 1.29 is 9.90 Å². The van der Waals surface area contributed by atoms with Crippen LogP contribution in [0, 0.1) is 11.8 Å². The van der Waals surface area contributed by atoms with Crippen molar-refractivity contribution in [2.75, 3.05) is 13.7 Å². The molecule has 0 spiro atoms. The summed E-state index contributed by atoms with van der Waals surface area (Å²) in [6.45, 7) is 2.22. The molecule has 0 aliphatic rings. The molecule has 0 saturated heterocycles. The Morgan fingerprint density at radius 2 is 2.43 bits per heavy atom. The standard InChI is InChI=1S/C15H17N3O2S/c1-12(18-7-4-6-16-18)15(20)17(2)10-14-9-13(11-21-14)5-3-8-19/h4,6-7,9,11-12,19H,8,10H2,1-2H3. The van der Waals surface area contributed by atoms with Gasteiger partial charge < -0.3 is 10.0 Å². The number of rotatable bonds is 4. The van der Waals surface area contributed by atoms with E-state index in [2.05, 4.69) is 16.9 Å². The number of hydrogen-bond donors (Lipinski definition) is 1. The van der Waals surface area contributed by atoms with E-state index in [4.69, 9.17) is 5.11 Å². The quantitative estimate of drug-likeness (QED) is 0.871. The normalized spacial score (nSPS) is 11.6. The van der Waals surface area contributed by atoms with E-state index in [9.17, 15) is 4.79 Å². The van der Waals surface area contributed by atoms with Crippen molar-refractivity contribution >= 4 is 17.2 Å². The second-order valence-electron chi connectivity index (χ2n) is 4.62. The number of carbonyl (C=O) groups excluding carboxylic acids is 1. The minimum Gasteiger partial charge on any atom is -0.384 e. The summed E-state index contributed by atoms with van der Waals surface area (Å²) in [5.74, 6) is 5.48. The van der Waals surface area contributed by atoms with E-state index in [1.165, 1.54) is 0 Å². The fourth-order valence-electron chi connectivity index (χ4n) is 1.92. The second kappa shape index (κ2) is 7.07. The maximum atomic E-state index is 12.3. The van der Waals surface area contributed by atoms with E-state index in [1.807, 2.05) is 18.4 Å². The first-order chi connectivity index (χ1) is 10.1. The summed E-state index contributed by atoms with van der Waals surface area (Å²) < 4.78 is 1.64. The highest BCUT2D eigenvalue weighted by atomic mass is 32.1. The first kappa shape index (κ1) is 15.3. The molecule has 0 radical (unpaired) electrons. The third-order valence-corrected chi connectivity index (χ3v) is 3.94. The fourth-order valence-corrected chi connectivity index (χ4v) is 2.79. The second-order valence-corrected chi connectivity index (χ2v) is 5.61. The van der Waals surface area contributed by atoms with Crippen molar-refractivity contribution in [1.29, 1.82) is 0 Å². The first-order valence-electron chi connectivity index (χ1n) is 6.53. The third kappa shape index (κ3) is 3.94. The number of aliphatic hydroxyl groups is 1. The number of amides is 1. The lowest BCUT2D eigenvalue weighted by Crippen LogP contribution is -2.32. The molecule has 1 atom stereocenters. The van der Waals surface area contributed by atoms with Gasteiger partial charge in [-0.05, 0) is 19.1 Å². The van der Waals surface area contributed by atoms with Crippen molar-refractivity contribution in [3.63, 3.8) is 0 Å². The van der Waals surface area contributed by atoms with Gasteiger partial charge in [0.05, 0.1) is 6.54 Å². The Balaban J connectivity index is 1.99. The van der Waals surface area contributed by atoms with Crippen molar-refractivity contribution in [1.82, 2.24) is 14.7 Å². The van der Waals surface area contributed by atoms with Crippen LogP contribution in [0.5, 0.6) is 0 Å². The van der Waals surface area contributed by atoms with Gasteiger partial charge in [0.2, 0.25) is 5.91 Å². The van der Waals surface area contributed by atoms with Crippen molar-refractivity contribution in [3.05, 3.63) is 40.3 Å². The predicted octanol–water partition coefficient (Wildman–Crippen LogP) is 1.51. The Labute approximate surface area is 127 Å². The predicted molar refractivity (Wildman–Crippen MR) is 81.7 cm³/mol. The maximum Gasteiger partial charge on any atom is 0.247 e. The zero-order chi connectivity index (χ0) is 15.2. The van der Waals surface area contributed by atoms with E-state index < -0.39 is 0 Å². The minimum absolute atomic E-state index is 0.00934. The number of hydrogen-bond acceptors (Lipinski definition) is 4. The molecule has 5 nitrogen and oxygen atoms in total. The topological polar surface area (TPSA) is 58.4 Å². The Morgan fingerprint density at radius 3 is 3.10 bits per heavy atom. The highest BCUT2D eigenvalue weighted by molar-refractivity contribution is 7.10. The molecule has 2 aromatic heterocycles. The van der Waals surface area contributed by atoms with Crippen LogP contribution < -0.4 is 0 Å². The van der Waals surface area contributed by atoms with Gasteiger partial charge in [-0.2, -0.15) is 5.10 Å². The third-order valence-electron chi connectivity index (χ3n) is 3.01. The number of aromatic nitrogens is 2. The number of thiophene rings is 1. The van der Waals surface area contributed by atoms with E-state index in [-0.39, 0.29) is 18.6 Å². The van der Waals surface area contributed by atoms with Crippen molar-refractivity contribution in [2.45, 2.75) is 19.5 Å². The average Bonchev–Trinajstić information content (AvgIpc) is 3.15. The molecule has 0 saturated carbocycles. The number of aliphatic hydroxyl groups excluding tert-OH is 1. The van der Waals surface area contributed by atoms with Gasteiger partial charge in [-0.15, -0.1) is 11.3 Å². The Hall–Kier alpha value is -2.10. The molecular formula is C15H17N3O2S. The van der Waals surface area contributed by atoms with Gasteiger partial charge in [0, 0.05) is 35.3 Å². The van der Waals surface area contributed by atoms with E-state index in [0.717, 1.165) is 10.4 Å². The van der Waals surface area contributed by atoms with Crippen LogP contribution in [0.25, 0.3) is 0 Å². The summed E-state index contributed by atoms with van der Waals surface area (Å²) in [6, 6.07) is 3.42. The molecule has 2 rings (SSSR count). The molecule has 0 bridgehead atoms. The Kier molecular flexibility index (Phi) is 5.14. The van der Waals surface area contributed by atoms with Gasteiger partial charge >= 0.3 is 0 Å². The van der Waals surface area contributed by atoms with Crippen LogP contribution in [-0.4, -0.2) is 39.3 Å². The molecule has 6 heteroatoms. The van der Waals surface area contributed by atoms with Gasteiger partial charge in [0.25, 0.3) is 0 Å². The molecule has 0 fully saturated rings. The van der Waals surface area contributed by atoms with Gasteiger partial charge in [-0.25, -0.2) is 0 Å². The van der Waals surface area contributed by atoms with Crippen LogP contribution in [0.4, 0.5) is 0 Å². The van der Waals surface area contributed by atoms with Crippen LogP contribution >= 0.6 is 11.3 Å². The molecule has 0 aromatic carbocycles. The zero-order valence-corrected chi connectivity index (χ0v) is 12.8. The summed E-state index contributed by atoms with van der Waals surface area (Å²) in [5, 5.41) is 14.7. The number of nitrogens with zero attached hydrogens (tertiary/aromatic N) is 3. The lowest BCUT2D eigenvalue weighted by molar-refractivity contribution is -0.133. The van der Waals surface area contributed by atoms with Gasteiger partial charge in [-0.1, -0.05) is 11.8 Å². The Bertz CT molecular complexity index is 652. The van der Waals surface area contributed by atoms with Crippen LogP contribution in [0.2, 0.25) is 0 Å². The van der Waals surface area contributed by atoms with E-state index >= 15 is 0 Å². The van der Waals surface area contributed by atoms with Crippen LogP contribution in [0.15, 0.2) is 29.9 Å². The molecular weight excluding hydrogens is 286 g/mol. The van der Waals surface area contributed by atoms with Crippen molar-refractivity contribution in [2.24, 2.45) is 0 Å². The van der Waals surface area contributed by atoms with E-state index in [0.29, 0.717) is 6.54 Å². The molecule has 2 heterocycles. The number of carbonyl (C=O) groups is 1. The maximum absolute atomic E-state index is 12.3. The highest BCUT2D eigenvalue weighted by Gasteiger charge is 2.19. The monoisotopic (exact) mass is 303 g/mol. The average molecular weight is 303 g/mol. The molecule has 1 unspecified atom stereocenters. The van der Waals surface area contributed by atoms with Crippen LogP contribution in [-0.2, 0) is 11.3 Å². The summed E-state index contributed by atoms with van der Waals surface area (Å²) >= 11 is 1.55. The molecule has 21 heavy (non-hydrogen) atoms. The smallest absolute Gasteiger partial charge is 0.247 e. The molecule has 2 aromatic rings. The van der Waals surface area contributed by atoms with Gasteiger partial charge in [0.15, 0.2) is 0 Å². The van der Waals surface area contributed by atoms with E-state index in [1.54, 1.807) is 46.4 Å². The largest absolute Gasteiger partial charge is 0.384 e. The summed E-state index contributed by atoms with van der Waals surface area (Å²) in [5.41, 5.74) is 0.866. The SMILES string of the molecule is CC(C(=O)N(C)Cc1cc(C#CCO)cs1)n1cccn1. The van der Waals surface area contributed by atoms with Gasteiger partial charge in [-0.3, -0.25) is 9.48 Å². The van der Waals surface area contributed by atoms with Crippen molar-refractivity contribution in [3.8, 4) is 11.8 Å². The first-order valence-corrected chi connectivity index (χ1v) is 7.41.